The summed E-state index contributed by atoms with van der Waals surface area (Å²) in [7, 11) is -2.40. The maximum atomic E-state index is 13.3. The Balaban J connectivity index is 2.46. The second-order valence-corrected chi connectivity index (χ2v) is 6.39. The summed E-state index contributed by atoms with van der Waals surface area (Å²) in [5.41, 5.74) is 1.19. The smallest absolute Gasteiger partial charge is 0.262 e. The Bertz CT molecular complexity index is 791. The highest BCUT2D eigenvalue weighted by molar-refractivity contribution is 7.92. The molecule has 1 heterocycles. The van der Waals surface area contributed by atoms with E-state index in [-0.39, 0.29) is 10.6 Å². The number of halogens is 1. The fourth-order valence-corrected chi connectivity index (χ4v) is 3.37. The molecule has 0 aliphatic rings. The molecule has 0 saturated carbocycles. The Morgan fingerprint density at radius 2 is 2.05 bits per heavy atom. The van der Waals surface area contributed by atoms with Crippen LogP contribution in [0.25, 0.3) is 0 Å². The molecule has 0 saturated heterocycles. The number of nitrogens with zero attached hydrogens (tertiary/aromatic N) is 1. The van der Waals surface area contributed by atoms with Crippen molar-refractivity contribution >= 4 is 15.7 Å². The number of sulfonamides is 1. The van der Waals surface area contributed by atoms with Crippen LogP contribution in [0, 0.1) is 12.7 Å². The normalized spacial score (nSPS) is 11.3. The second-order valence-electron chi connectivity index (χ2n) is 4.74. The molecule has 0 unspecified atom stereocenters. The summed E-state index contributed by atoms with van der Waals surface area (Å²) in [6.07, 6.45) is 1.54. The molecule has 118 valence electrons. The molecule has 0 radical (unpaired) electrons. The maximum Gasteiger partial charge on any atom is 0.262 e. The van der Waals surface area contributed by atoms with Gasteiger partial charge in [-0.15, -0.1) is 0 Å². The number of anilines is 1. The molecule has 0 amide bonds. The summed E-state index contributed by atoms with van der Waals surface area (Å²) in [4.78, 5) is 3.99. The molecular weight excluding hydrogens is 307 g/mol. The molecule has 1 N–H and O–H groups in total. The van der Waals surface area contributed by atoms with Crippen molar-refractivity contribution in [3.05, 3.63) is 47.5 Å². The third-order valence-corrected chi connectivity index (χ3v) is 4.71. The molecule has 1 aromatic carbocycles. The number of hydrogen-bond donors (Lipinski definition) is 1. The van der Waals surface area contributed by atoms with Gasteiger partial charge in [0.2, 0.25) is 0 Å². The molecule has 22 heavy (non-hydrogen) atoms. The lowest BCUT2D eigenvalue weighted by atomic mass is 10.2. The van der Waals surface area contributed by atoms with Crippen LogP contribution in [0.4, 0.5) is 10.1 Å². The molecule has 0 atom stereocenters. The van der Waals surface area contributed by atoms with Crippen molar-refractivity contribution in [2.45, 2.75) is 25.2 Å². The third-order valence-electron chi connectivity index (χ3n) is 3.20. The highest BCUT2D eigenvalue weighted by atomic mass is 32.2. The quantitative estimate of drug-likeness (QED) is 0.918. The topological polar surface area (TPSA) is 68.3 Å². The van der Waals surface area contributed by atoms with Crippen molar-refractivity contribution in [2.75, 3.05) is 11.8 Å². The summed E-state index contributed by atoms with van der Waals surface area (Å²) < 4.78 is 45.9. The summed E-state index contributed by atoms with van der Waals surface area (Å²) in [5.74, 6) is -0.170. The zero-order valence-electron chi connectivity index (χ0n) is 12.6. The number of benzene rings is 1. The molecule has 2 rings (SSSR count). The molecule has 0 bridgehead atoms. The lowest BCUT2D eigenvalue weighted by Crippen LogP contribution is -2.16. The Hall–Kier alpha value is -2.15. The monoisotopic (exact) mass is 324 g/mol. The fourth-order valence-electron chi connectivity index (χ4n) is 2.03. The van der Waals surface area contributed by atoms with Crippen LogP contribution < -0.4 is 9.46 Å². The van der Waals surface area contributed by atoms with Gasteiger partial charge < -0.3 is 4.74 Å². The second kappa shape index (κ2) is 6.31. The van der Waals surface area contributed by atoms with Gasteiger partial charge in [0.15, 0.2) is 0 Å². The van der Waals surface area contributed by atoms with Crippen LogP contribution in [0.5, 0.6) is 5.75 Å². The van der Waals surface area contributed by atoms with E-state index in [4.69, 9.17) is 4.74 Å². The Morgan fingerprint density at radius 1 is 1.32 bits per heavy atom. The standard InChI is InChI=1S/C15H17FN2O3S/c1-4-13-14(7-11(16)9-17-13)18-22(19,20)15-8-12(21-3)6-5-10(15)2/h5-9,18H,4H2,1-3H3. The lowest BCUT2D eigenvalue weighted by molar-refractivity contribution is 0.413. The number of ether oxygens (including phenoxy) is 1. The average Bonchev–Trinajstić information content (AvgIpc) is 2.47. The average molecular weight is 324 g/mol. The van der Waals surface area contributed by atoms with Gasteiger partial charge >= 0.3 is 0 Å². The van der Waals surface area contributed by atoms with E-state index in [1.807, 2.05) is 6.92 Å². The largest absolute Gasteiger partial charge is 0.497 e. The van der Waals surface area contributed by atoms with Crippen LogP contribution in [0.3, 0.4) is 0 Å². The third kappa shape index (κ3) is 3.36. The first-order valence-electron chi connectivity index (χ1n) is 6.69. The predicted octanol–water partition coefficient (Wildman–Crippen LogP) is 2.90. The minimum atomic E-state index is -3.86. The molecule has 0 fully saturated rings. The molecule has 1 aromatic heterocycles. The number of aromatic nitrogens is 1. The Morgan fingerprint density at radius 3 is 2.68 bits per heavy atom. The van der Waals surface area contributed by atoms with Gasteiger partial charge in [-0.05, 0) is 25.0 Å². The minimum absolute atomic E-state index is 0.0816. The van der Waals surface area contributed by atoms with Gasteiger partial charge in [-0.3, -0.25) is 9.71 Å². The molecular formula is C15H17FN2O3S. The van der Waals surface area contributed by atoms with Crippen LogP contribution in [-0.2, 0) is 16.4 Å². The van der Waals surface area contributed by atoms with Crippen molar-refractivity contribution in [1.29, 1.82) is 0 Å². The first-order chi connectivity index (χ1) is 10.4. The van der Waals surface area contributed by atoms with Gasteiger partial charge in [-0.1, -0.05) is 13.0 Å². The Labute approximate surface area is 129 Å². The van der Waals surface area contributed by atoms with Crippen molar-refractivity contribution in [1.82, 2.24) is 4.98 Å². The van der Waals surface area contributed by atoms with Crippen LogP contribution in [0.1, 0.15) is 18.2 Å². The van der Waals surface area contributed by atoms with E-state index in [1.54, 1.807) is 19.1 Å². The van der Waals surface area contributed by atoms with E-state index in [0.717, 1.165) is 12.3 Å². The van der Waals surface area contributed by atoms with Gasteiger partial charge in [0.05, 0.1) is 29.6 Å². The molecule has 0 aliphatic heterocycles. The highest BCUT2D eigenvalue weighted by Crippen LogP contribution is 2.25. The summed E-state index contributed by atoms with van der Waals surface area (Å²) >= 11 is 0. The molecule has 0 spiro atoms. The van der Waals surface area contributed by atoms with Gasteiger partial charge in [0, 0.05) is 12.1 Å². The first kappa shape index (κ1) is 16.2. The van der Waals surface area contributed by atoms with E-state index >= 15 is 0 Å². The van der Waals surface area contributed by atoms with Crippen LogP contribution in [-0.4, -0.2) is 20.5 Å². The van der Waals surface area contributed by atoms with E-state index in [1.165, 1.54) is 13.2 Å². The van der Waals surface area contributed by atoms with Gasteiger partial charge in [-0.25, -0.2) is 12.8 Å². The highest BCUT2D eigenvalue weighted by Gasteiger charge is 2.20. The van der Waals surface area contributed by atoms with Crippen molar-refractivity contribution in [2.24, 2.45) is 0 Å². The number of nitrogens with one attached hydrogen (secondary N) is 1. The van der Waals surface area contributed by atoms with E-state index in [2.05, 4.69) is 9.71 Å². The van der Waals surface area contributed by atoms with Crippen molar-refractivity contribution in [3.8, 4) is 5.75 Å². The van der Waals surface area contributed by atoms with Crippen molar-refractivity contribution in [3.63, 3.8) is 0 Å². The number of methoxy groups -OCH3 is 1. The van der Waals surface area contributed by atoms with Crippen LogP contribution in [0.2, 0.25) is 0 Å². The zero-order chi connectivity index (χ0) is 16.3. The Kier molecular flexibility index (Phi) is 4.65. The van der Waals surface area contributed by atoms with E-state index < -0.39 is 15.8 Å². The van der Waals surface area contributed by atoms with E-state index in [9.17, 15) is 12.8 Å². The summed E-state index contributed by atoms with van der Waals surface area (Å²) in [5, 5.41) is 0. The van der Waals surface area contributed by atoms with Crippen molar-refractivity contribution < 1.29 is 17.5 Å². The molecule has 0 aliphatic carbocycles. The summed E-state index contributed by atoms with van der Waals surface area (Å²) in [6, 6.07) is 5.88. The number of rotatable bonds is 5. The van der Waals surface area contributed by atoms with E-state index in [0.29, 0.717) is 23.4 Å². The number of aryl methyl sites for hydroxylation is 2. The molecule has 2 aromatic rings. The number of pyridine rings is 1. The van der Waals surface area contributed by atoms with Gasteiger partial charge in [0.25, 0.3) is 10.0 Å². The van der Waals surface area contributed by atoms with Gasteiger partial charge in [-0.2, -0.15) is 0 Å². The number of hydrogen-bond acceptors (Lipinski definition) is 4. The molecule has 5 nitrogen and oxygen atoms in total. The lowest BCUT2D eigenvalue weighted by Gasteiger charge is -2.13. The minimum Gasteiger partial charge on any atom is -0.497 e. The fraction of sp³-hybridized carbons (Fsp3) is 0.267. The molecule has 7 heteroatoms. The summed E-state index contributed by atoms with van der Waals surface area (Å²) in [6.45, 7) is 3.49. The SMILES string of the molecule is CCc1ncc(F)cc1NS(=O)(=O)c1cc(OC)ccc1C. The van der Waals surface area contributed by atoms with Crippen LogP contribution in [0.15, 0.2) is 35.4 Å². The first-order valence-corrected chi connectivity index (χ1v) is 8.17. The maximum absolute atomic E-state index is 13.3. The zero-order valence-corrected chi connectivity index (χ0v) is 13.4. The van der Waals surface area contributed by atoms with Gasteiger partial charge in [0.1, 0.15) is 11.6 Å². The predicted molar refractivity (Wildman–Crippen MR) is 82.1 cm³/mol. The van der Waals surface area contributed by atoms with Crippen LogP contribution >= 0.6 is 0 Å².